The zero-order valence-electron chi connectivity index (χ0n) is 15.2. The topological polar surface area (TPSA) is 64.4 Å². The van der Waals surface area contributed by atoms with Crippen LogP contribution in [0.2, 0.25) is 0 Å². The van der Waals surface area contributed by atoms with Gasteiger partial charge in [0.15, 0.2) is 11.8 Å². The van der Waals surface area contributed by atoms with Crippen molar-refractivity contribution in [1.82, 2.24) is 8.96 Å². The third kappa shape index (κ3) is 4.08. The number of pyridine rings is 1. The van der Waals surface area contributed by atoms with Crippen LogP contribution >= 0.6 is 0 Å². The summed E-state index contributed by atoms with van der Waals surface area (Å²) in [4.78, 5) is 5.78. The molecule has 0 aliphatic carbocycles. The number of anilines is 1. The van der Waals surface area contributed by atoms with Crippen molar-refractivity contribution in [2.24, 2.45) is 0 Å². The highest BCUT2D eigenvalue weighted by Crippen LogP contribution is 2.29. The minimum absolute atomic E-state index is 0.0469. The van der Waals surface area contributed by atoms with E-state index >= 15 is 0 Å². The summed E-state index contributed by atoms with van der Waals surface area (Å²) in [7, 11) is -3.69. The molecular weight excluding hydrogens is 407 g/mol. The second-order valence-electron chi connectivity index (χ2n) is 6.81. The van der Waals surface area contributed by atoms with Crippen molar-refractivity contribution >= 4 is 26.7 Å². The van der Waals surface area contributed by atoms with E-state index in [9.17, 15) is 21.6 Å². The van der Waals surface area contributed by atoms with Crippen LogP contribution in [-0.4, -0.2) is 49.4 Å². The molecule has 0 amide bonds. The maximum atomic E-state index is 13.0. The lowest BCUT2D eigenvalue weighted by molar-refractivity contribution is -0.221. The molecule has 3 aromatic rings. The first kappa shape index (κ1) is 19.7. The number of rotatable bonds is 4. The second-order valence-corrected chi connectivity index (χ2v) is 8.65. The molecule has 0 radical (unpaired) electrons. The Morgan fingerprint density at radius 1 is 1.17 bits per heavy atom. The van der Waals surface area contributed by atoms with Crippen LogP contribution in [0, 0.1) is 0 Å². The minimum atomic E-state index is -4.44. The Balaban J connectivity index is 1.61. The molecule has 1 aliphatic heterocycles. The zero-order chi connectivity index (χ0) is 20.6. The minimum Gasteiger partial charge on any atom is -0.365 e. The molecule has 1 aliphatic rings. The summed E-state index contributed by atoms with van der Waals surface area (Å²) in [5.74, 6) is -0.183. The van der Waals surface area contributed by atoms with Gasteiger partial charge in [-0.2, -0.15) is 13.2 Å². The van der Waals surface area contributed by atoms with Gasteiger partial charge in [0, 0.05) is 18.1 Å². The van der Waals surface area contributed by atoms with Gasteiger partial charge >= 0.3 is 6.18 Å². The molecule has 1 aromatic carbocycles. The summed E-state index contributed by atoms with van der Waals surface area (Å²) < 4.78 is 70.4. The molecule has 1 fully saturated rings. The molecule has 1 unspecified atom stereocenters. The highest BCUT2D eigenvalue weighted by atomic mass is 32.2. The Morgan fingerprint density at radius 3 is 2.66 bits per heavy atom. The predicted molar refractivity (Wildman–Crippen MR) is 102 cm³/mol. The fourth-order valence-corrected chi connectivity index (χ4v) is 4.74. The third-order valence-electron chi connectivity index (χ3n) is 4.77. The van der Waals surface area contributed by atoms with Crippen molar-refractivity contribution in [3.05, 3.63) is 60.4 Å². The highest BCUT2D eigenvalue weighted by Gasteiger charge is 2.43. The Labute approximate surface area is 165 Å². The first-order chi connectivity index (χ1) is 13.7. The zero-order valence-corrected chi connectivity index (χ0v) is 16.0. The van der Waals surface area contributed by atoms with Crippen molar-refractivity contribution in [1.29, 1.82) is 0 Å². The number of aromatic nitrogens is 2. The molecule has 3 heterocycles. The number of halogens is 3. The smallest absolute Gasteiger partial charge is 0.365 e. The lowest BCUT2D eigenvalue weighted by Crippen LogP contribution is -2.49. The molecule has 29 heavy (non-hydrogen) atoms. The van der Waals surface area contributed by atoms with Gasteiger partial charge in [-0.05, 0) is 17.7 Å². The van der Waals surface area contributed by atoms with Crippen LogP contribution in [0.25, 0.3) is 11.0 Å². The van der Waals surface area contributed by atoms with Crippen LogP contribution in [-0.2, 0) is 20.5 Å². The van der Waals surface area contributed by atoms with E-state index < -0.39 is 22.3 Å². The fourth-order valence-electron chi connectivity index (χ4n) is 3.32. The highest BCUT2D eigenvalue weighted by molar-refractivity contribution is 7.89. The number of hydrogen-bond donors (Lipinski definition) is 0. The van der Waals surface area contributed by atoms with Crippen molar-refractivity contribution in [2.45, 2.75) is 18.0 Å². The summed E-state index contributed by atoms with van der Waals surface area (Å²) in [5, 5.41) is 0.536. The van der Waals surface area contributed by atoms with E-state index in [1.54, 1.807) is 47.4 Å². The molecule has 0 bridgehead atoms. The Bertz CT molecular complexity index is 1110. The van der Waals surface area contributed by atoms with Crippen molar-refractivity contribution in [3.8, 4) is 0 Å². The average molecular weight is 425 g/mol. The normalized spacial score (nSPS) is 18.3. The van der Waals surface area contributed by atoms with E-state index in [4.69, 9.17) is 4.74 Å². The Hall–Kier alpha value is -2.59. The van der Waals surface area contributed by atoms with Crippen LogP contribution in [0.1, 0.15) is 5.56 Å². The third-order valence-corrected chi connectivity index (χ3v) is 6.36. The molecule has 1 atom stereocenters. The number of nitrogens with zero attached hydrogens (tertiary/aromatic N) is 3. The average Bonchev–Trinajstić information content (AvgIpc) is 3.12. The van der Waals surface area contributed by atoms with E-state index in [1.165, 1.54) is 12.4 Å². The number of fused-ring (bicyclic) bond motifs is 1. The molecule has 0 saturated carbocycles. The molecule has 154 valence electrons. The first-order valence-corrected chi connectivity index (χ1v) is 10.5. The van der Waals surface area contributed by atoms with E-state index in [1.807, 2.05) is 0 Å². The van der Waals surface area contributed by atoms with Gasteiger partial charge in [-0.3, -0.25) is 0 Å². The van der Waals surface area contributed by atoms with Crippen molar-refractivity contribution in [2.75, 3.05) is 24.6 Å². The molecular formula is C19H18F3N3O3S. The molecule has 2 aromatic heterocycles. The second kappa shape index (κ2) is 7.34. The monoisotopic (exact) mass is 425 g/mol. The maximum absolute atomic E-state index is 13.0. The maximum Gasteiger partial charge on any atom is 0.416 e. The summed E-state index contributed by atoms with van der Waals surface area (Å²) in [5.41, 5.74) is 1.39. The van der Waals surface area contributed by atoms with Crippen molar-refractivity contribution in [3.63, 3.8) is 0 Å². The lowest BCUT2D eigenvalue weighted by atomic mass is 10.2. The van der Waals surface area contributed by atoms with Gasteiger partial charge < -0.3 is 9.64 Å². The number of ether oxygens (including phenoxy) is 1. The van der Waals surface area contributed by atoms with Crippen molar-refractivity contribution < 1.29 is 26.3 Å². The van der Waals surface area contributed by atoms with E-state index in [-0.39, 0.29) is 24.6 Å². The Kier molecular flexibility index (Phi) is 4.99. The van der Waals surface area contributed by atoms with Crippen LogP contribution in [0.3, 0.4) is 0 Å². The largest absolute Gasteiger partial charge is 0.416 e. The molecule has 0 spiro atoms. The standard InChI is InChI=1S/C19H18F3N3O3S/c20-19(21,22)17-12-24(8-9-28-17)16-10-15-6-7-25(18(15)23-11-16)29(26,27)13-14-4-2-1-3-5-14/h1-7,10-11,17H,8-9,12-13H2. The molecule has 0 N–H and O–H groups in total. The van der Waals surface area contributed by atoms with E-state index in [2.05, 4.69) is 4.98 Å². The van der Waals surface area contributed by atoms with E-state index in [0.29, 0.717) is 23.2 Å². The van der Waals surface area contributed by atoms with Crippen LogP contribution in [0.5, 0.6) is 0 Å². The molecule has 10 heteroatoms. The summed E-state index contributed by atoms with van der Waals surface area (Å²) in [6.45, 7) is -0.0782. The van der Waals surface area contributed by atoms with Gasteiger partial charge in [0.2, 0.25) is 10.0 Å². The van der Waals surface area contributed by atoms with Crippen LogP contribution < -0.4 is 4.90 Å². The quantitative estimate of drug-likeness (QED) is 0.643. The fraction of sp³-hybridized carbons (Fsp3) is 0.316. The van der Waals surface area contributed by atoms with Gasteiger partial charge in [0.25, 0.3) is 0 Å². The number of benzene rings is 1. The van der Waals surface area contributed by atoms with Gasteiger partial charge in [-0.1, -0.05) is 30.3 Å². The lowest BCUT2D eigenvalue weighted by Gasteiger charge is -2.35. The number of hydrogen-bond acceptors (Lipinski definition) is 5. The van der Waals surface area contributed by atoms with Gasteiger partial charge in [-0.25, -0.2) is 17.4 Å². The predicted octanol–water partition coefficient (Wildman–Crippen LogP) is 3.18. The van der Waals surface area contributed by atoms with Crippen LogP contribution in [0.4, 0.5) is 18.9 Å². The van der Waals surface area contributed by atoms with Crippen LogP contribution in [0.15, 0.2) is 54.9 Å². The SMILES string of the molecule is O=S(=O)(Cc1ccccc1)n1ccc2cc(N3CCOC(C(F)(F)F)C3)cnc21. The Morgan fingerprint density at radius 2 is 1.93 bits per heavy atom. The van der Waals surface area contributed by atoms with Gasteiger partial charge in [0.05, 0.1) is 30.8 Å². The molecule has 4 rings (SSSR count). The van der Waals surface area contributed by atoms with E-state index in [0.717, 1.165) is 3.97 Å². The molecule has 1 saturated heterocycles. The summed E-state index contributed by atoms with van der Waals surface area (Å²) in [6.07, 6.45) is -3.49. The first-order valence-electron chi connectivity index (χ1n) is 8.91. The van der Waals surface area contributed by atoms with Gasteiger partial charge in [-0.15, -0.1) is 0 Å². The number of alkyl halides is 3. The number of morpholine rings is 1. The summed E-state index contributed by atoms with van der Waals surface area (Å²) in [6, 6.07) is 12.0. The summed E-state index contributed by atoms with van der Waals surface area (Å²) >= 11 is 0. The van der Waals surface area contributed by atoms with Gasteiger partial charge in [0.1, 0.15) is 0 Å². The molecule has 6 nitrogen and oxygen atoms in total.